The minimum atomic E-state index is -1.04. The average Bonchev–Trinajstić information content (AvgIpc) is 3.03. The lowest BCUT2D eigenvalue weighted by Gasteiger charge is -2.14. The van der Waals surface area contributed by atoms with Gasteiger partial charge in [-0.2, -0.15) is 4.98 Å². The predicted octanol–water partition coefficient (Wildman–Crippen LogP) is 3.99. The van der Waals surface area contributed by atoms with Crippen LogP contribution in [0.4, 0.5) is 0 Å². The van der Waals surface area contributed by atoms with E-state index in [9.17, 15) is 4.79 Å². The Bertz CT molecular complexity index is 797. The van der Waals surface area contributed by atoms with Crippen molar-refractivity contribution in [2.24, 2.45) is 0 Å². The zero-order valence-corrected chi connectivity index (χ0v) is 14.2. The Morgan fingerprint density at radius 1 is 1.24 bits per heavy atom. The van der Waals surface area contributed by atoms with Crippen molar-refractivity contribution < 1.29 is 14.4 Å². The normalized spacial score (nSPS) is 19.0. The summed E-state index contributed by atoms with van der Waals surface area (Å²) >= 11 is 0. The lowest BCUT2D eigenvalue weighted by Crippen LogP contribution is -2.11. The van der Waals surface area contributed by atoms with Crippen molar-refractivity contribution in [3.05, 3.63) is 59.3 Å². The van der Waals surface area contributed by atoms with Gasteiger partial charge >= 0.3 is 5.97 Å². The van der Waals surface area contributed by atoms with Crippen LogP contribution in [-0.4, -0.2) is 21.2 Å². The highest BCUT2D eigenvalue weighted by Gasteiger charge is 2.50. The average molecular weight is 338 g/mol. The molecule has 1 heterocycles. The molecule has 4 rings (SSSR count). The summed E-state index contributed by atoms with van der Waals surface area (Å²) in [4.78, 5) is 15.3. The standard InChI is InChI=1S/C20H22N2O3/c1-13(18(23)24)12-17-21-19(22-25-17)20(10-11-20)16-8-6-15(7-9-16)14-4-2-3-5-14/h6-9,14H,1-5,10-12H2,(H,23,24). The summed E-state index contributed by atoms with van der Waals surface area (Å²) in [6.45, 7) is 3.51. The molecule has 2 aromatic rings. The summed E-state index contributed by atoms with van der Waals surface area (Å²) in [5.41, 5.74) is 2.55. The molecule has 1 N–H and O–H groups in total. The summed E-state index contributed by atoms with van der Waals surface area (Å²) in [5.74, 6) is 0.650. The second-order valence-corrected chi connectivity index (χ2v) is 7.28. The number of carboxylic acid groups (broad SMARTS) is 1. The van der Waals surface area contributed by atoms with E-state index in [1.165, 1.54) is 36.8 Å². The van der Waals surface area contributed by atoms with Gasteiger partial charge in [0.25, 0.3) is 0 Å². The van der Waals surface area contributed by atoms with Gasteiger partial charge in [-0.1, -0.05) is 48.8 Å². The zero-order chi connectivity index (χ0) is 17.4. The van der Waals surface area contributed by atoms with E-state index in [2.05, 4.69) is 41.0 Å². The smallest absolute Gasteiger partial charge is 0.331 e. The minimum absolute atomic E-state index is 0.0564. The third kappa shape index (κ3) is 2.99. The van der Waals surface area contributed by atoms with Gasteiger partial charge in [0.1, 0.15) is 0 Å². The van der Waals surface area contributed by atoms with E-state index in [1.54, 1.807) is 0 Å². The molecule has 0 spiro atoms. The molecule has 2 saturated carbocycles. The minimum Gasteiger partial charge on any atom is -0.478 e. The third-order valence-corrected chi connectivity index (χ3v) is 5.60. The van der Waals surface area contributed by atoms with Gasteiger partial charge in [-0.25, -0.2) is 4.79 Å². The number of aromatic nitrogens is 2. The molecule has 1 aromatic heterocycles. The van der Waals surface area contributed by atoms with Crippen LogP contribution in [-0.2, 0) is 16.6 Å². The molecule has 130 valence electrons. The first-order valence-electron chi connectivity index (χ1n) is 8.93. The van der Waals surface area contributed by atoms with Crippen molar-refractivity contribution in [1.82, 2.24) is 10.1 Å². The van der Waals surface area contributed by atoms with E-state index >= 15 is 0 Å². The Morgan fingerprint density at radius 2 is 1.92 bits per heavy atom. The van der Waals surface area contributed by atoms with Crippen molar-refractivity contribution in [3.8, 4) is 0 Å². The van der Waals surface area contributed by atoms with E-state index in [4.69, 9.17) is 9.63 Å². The van der Waals surface area contributed by atoms with Crippen molar-refractivity contribution in [2.45, 2.75) is 56.3 Å². The molecule has 0 unspecified atom stereocenters. The van der Waals surface area contributed by atoms with Gasteiger partial charge < -0.3 is 9.63 Å². The quantitative estimate of drug-likeness (QED) is 0.806. The second-order valence-electron chi connectivity index (χ2n) is 7.28. The zero-order valence-electron chi connectivity index (χ0n) is 14.2. The number of nitrogens with zero attached hydrogens (tertiary/aromatic N) is 2. The molecule has 0 amide bonds. The second kappa shape index (κ2) is 6.14. The molecule has 2 aliphatic carbocycles. The van der Waals surface area contributed by atoms with Crippen molar-refractivity contribution in [2.75, 3.05) is 0 Å². The molecule has 0 bridgehead atoms. The van der Waals surface area contributed by atoms with Crippen molar-refractivity contribution >= 4 is 5.97 Å². The van der Waals surface area contributed by atoms with Gasteiger partial charge in [0.05, 0.1) is 11.8 Å². The first-order chi connectivity index (χ1) is 12.1. The van der Waals surface area contributed by atoms with Gasteiger partial charge in [0.2, 0.25) is 5.89 Å². The molecule has 5 nitrogen and oxygen atoms in total. The number of benzene rings is 1. The van der Waals surface area contributed by atoms with Crippen LogP contribution >= 0.6 is 0 Å². The Hall–Kier alpha value is -2.43. The Kier molecular flexibility index (Phi) is 3.94. The van der Waals surface area contributed by atoms with Gasteiger partial charge in [-0.15, -0.1) is 0 Å². The lowest BCUT2D eigenvalue weighted by molar-refractivity contribution is -0.132. The lowest BCUT2D eigenvalue weighted by atomic mass is 9.91. The van der Waals surface area contributed by atoms with Crippen LogP contribution in [0.15, 0.2) is 40.9 Å². The molecule has 2 aliphatic rings. The predicted molar refractivity (Wildman–Crippen MR) is 92.4 cm³/mol. The van der Waals surface area contributed by atoms with Crippen LogP contribution in [0.3, 0.4) is 0 Å². The molecule has 2 fully saturated rings. The topological polar surface area (TPSA) is 76.2 Å². The third-order valence-electron chi connectivity index (χ3n) is 5.60. The first-order valence-corrected chi connectivity index (χ1v) is 8.93. The van der Waals surface area contributed by atoms with Gasteiger partial charge in [0, 0.05) is 5.57 Å². The van der Waals surface area contributed by atoms with Crippen LogP contribution < -0.4 is 0 Å². The maximum absolute atomic E-state index is 10.9. The number of carbonyl (C=O) groups is 1. The fourth-order valence-electron chi connectivity index (χ4n) is 3.88. The highest BCUT2D eigenvalue weighted by Crippen LogP contribution is 2.52. The molecule has 1 aromatic carbocycles. The van der Waals surface area contributed by atoms with E-state index in [1.807, 2.05) is 0 Å². The van der Waals surface area contributed by atoms with Crippen molar-refractivity contribution in [1.29, 1.82) is 0 Å². The van der Waals surface area contributed by atoms with E-state index in [0.29, 0.717) is 17.6 Å². The summed E-state index contributed by atoms with van der Waals surface area (Å²) < 4.78 is 5.25. The fraction of sp³-hybridized carbons (Fsp3) is 0.450. The molecule has 25 heavy (non-hydrogen) atoms. The Labute approximate surface area is 146 Å². The number of hydrogen-bond donors (Lipinski definition) is 1. The van der Waals surface area contributed by atoms with E-state index in [-0.39, 0.29) is 17.4 Å². The molecular weight excluding hydrogens is 316 g/mol. The highest BCUT2D eigenvalue weighted by atomic mass is 16.5. The van der Waals surface area contributed by atoms with Gasteiger partial charge in [0.15, 0.2) is 5.82 Å². The SMILES string of the molecule is C=C(Cc1nc(C2(c3ccc(C4CCCC4)cc3)CC2)no1)C(=O)O. The van der Waals surface area contributed by atoms with Gasteiger partial charge in [-0.3, -0.25) is 0 Å². The summed E-state index contributed by atoms with van der Waals surface area (Å²) in [6, 6.07) is 8.90. The molecule has 0 saturated heterocycles. The first kappa shape index (κ1) is 16.1. The number of rotatable bonds is 6. The van der Waals surface area contributed by atoms with Crippen molar-refractivity contribution in [3.63, 3.8) is 0 Å². The fourth-order valence-corrected chi connectivity index (χ4v) is 3.88. The summed E-state index contributed by atoms with van der Waals surface area (Å²) in [7, 11) is 0. The Balaban J connectivity index is 1.53. The van der Waals surface area contributed by atoms with Gasteiger partial charge in [-0.05, 0) is 42.7 Å². The van der Waals surface area contributed by atoms with Crippen LogP contribution in [0, 0.1) is 0 Å². The molecule has 5 heteroatoms. The Morgan fingerprint density at radius 3 is 2.52 bits per heavy atom. The van der Waals surface area contributed by atoms with E-state index < -0.39 is 5.97 Å². The number of hydrogen-bond acceptors (Lipinski definition) is 4. The highest BCUT2D eigenvalue weighted by molar-refractivity contribution is 5.86. The van der Waals surface area contributed by atoms with Crippen LogP contribution in [0.2, 0.25) is 0 Å². The van der Waals surface area contributed by atoms with Crippen LogP contribution in [0.25, 0.3) is 0 Å². The van der Waals surface area contributed by atoms with E-state index in [0.717, 1.165) is 12.8 Å². The maximum Gasteiger partial charge on any atom is 0.331 e. The molecule has 0 radical (unpaired) electrons. The molecule has 0 atom stereocenters. The maximum atomic E-state index is 10.9. The summed E-state index contributed by atoms with van der Waals surface area (Å²) in [6.07, 6.45) is 7.34. The van der Waals surface area contributed by atoms with Crippen LogP contribution in [0.1, 0.15) is 67.3 Å². The monoisotopic (exact) mass is 338 g/mol. The molecule has 0 aliphatic heterocycles. The largest absolute Gasteiger partial charge is 0.478 e. The molecular formula is C20H22N2O3. The summed E-state index contributed by atoms with van der Waals surface area (Å²) in [5, 5.41) is 13.0. The van der Waals surface area contributed by atoms with Crippen LogP contribution in [0.5, 0.6) is 0 Å². The number of carboxylic acids is 1. The number of aliphatic carboxylic acids is 1.